The number of amides is 1. The molecule has 146 valence electrons. The van der Waals surface area contributed by atoms with E-state index in [1.165, 1.54) is 0 Å². The summed E-state index contributed by atoms with van der Waals surface area (Å²) in [5.74, 6) is 1.03. The summed E-state index contributed by atoms with van der Waals surface area (Å²) in [7, 11) is 0. The lowest BCUT2D eigenvalue weighted by Gasteiger charge is -2.31. The second kappa shape index (κ2) is 8.33. The van der Waals surface area contributed by atoms with Gasteiger partial charge in [0.15, 0.2) is 11.5 Å². The van der Waals surface area contributed by atoms with Gasteiger partial charge in [-0.1, -0.05) is 35.9 Å². The van der Waals surface area contributed by atoms with Crippen molar-refractivity contribution in [1.82, 2.24) is 15.2 Å². The minimum atomic E-state index is -0.0533. The number of carbonyl (C=O) groups is 1. The average molecular weight is 398 g/mol. The van der Waals surface area contributed by atoms with E-state index < -0.39 is 0 Å². The van der Waals surface area contributed by atoms with E-state index >= 15 is 0 Å². The minimum absolute atomic E-state index is 0.0284. The van der Waals surface area contributed by atoms with Gasteiger partial charge >= 0.3 is 0 Å². The second-order valence-corrected chi connectivity index (χ2v) is 7.87. The van der Waals surface area contributed by atoms with Gasteiger partial charge in [-0.3, -0.25) is 9.69 Å². The molecule has 1 fully saturated rings. The first-order valence-electron chi connectivity index (χ1n) is 9.71. The minimum Gasteiger partial charge on any atom is -0.440 e. The third-order valence-corrected chi connectivity index (χ3v) is 5.53. The molecule has 1 N–H and O–H groups in total. The fourth-order valence-corrected chi connectivity index (χ4v) is 3.92. The molecule has 1 aliphatic rings. The molecule has 2 atom stereocenters. The van der Waals surface area contributed by atoms with E-state index in [2.05, 4.69) is 15.2 Å². The number of oxazole rings is 1. The number of halogens is 1. The van der Waals surface area contributed by atoms with Crippen LogP contribution in [0, 0.1) is 0 Å². The van der Waals surface area contributed by atoms with Crippen molar-refractivity contribution in [2.45, 2.75) is 31.7 Å². The summed E-state index contributed by atoms with van der Waals surface area (Å²) in [5.41, 5.74) is 2.76. The van der Waals surface area contributed by atoms with Crippen LogP contribution in [0.2, 0.25) is 5.02 Å². The number of hydrogen-bond donors (Lipinski definition) is 1. The van der Waals surface area contributed by atoms with Crippen molar-refractivity contribution in [1.29, 1.82) is 0 Å². The Morgan fingerprint density at radius 1 is 1.29 bits per heavy atom. The number of rotatable bonds is 5. The predicted molar refractivity (Wildman–Crippen MR) is 110 cm³/mol. The van der Waals surface area contributed by atoms with Crippen LogP contribution in [0.3, 0.4) is 0 Å². The van der Waals surface area contributed by atoms with Crippen LogP contribution >= 0.6 is 11.6 Å². The normalized spacial score (nSPS) is 18.9. The first-order chi connectivity index (χ1) is 13.6. The van der Waals surface area contributed by atoms with Gasteiger partial charge in [0.25, 0.3) is 0 Å². The van der Waals surface area contributed by atoms with Crippen LogP contribution in [0.5, 0.6) is 0 Å². The van der Waals surface area contributed by atoms with Crippen LogP contribution in [-0.4, -0.2) is 35.4 Å². The van der Waals surface area contributed by atoms with Crippen molar-refractivity contribution >= 4 is 28.6 Å². The van der Waals surface area contributed by atoms with Crippen molar-refractivity contribution < 1.29 is 9.21 Å². The molecule has 2 heterocycles. The summed E-state index contributed by atoms with van der Waals surface area (Å²) in [5, 5.41) is 3.77. The van der Waals surface area contributed by atoms with Crippen molar-refractivity contribution in [3.05, 3.63) is 65.0 Å². The van der Waals surface area contributed by atoms with Gasteiger partial charge in [-0.05, 0) is 56.1 Å². The van der Waals surface area contributed by atoms with Crippen molar-refractivity contribution in [3.63, 3.8) is 0 Å². The highest BCUT2D eigenvalue weighted by molar-refractivity contribution is 6.30. The monoisotopic (exact) mass is 397 g/mol. The zero-order valence-electron chi connectivity index (χ0n) is 15.9. The molecule has 0 saturated carbocycles. The van der Waals surface area contributed by atoms with E-state index in [0.717, 1.165) is 48.5 Å². The lowest BCUT2D eigenvalue weighted by atomic mass is 9.98. The SMILES string of the molecule is CC(NC(=O)CN1CCCC(c2nc3ccccc3o2)C1)c1ccc(Cl)cc1. The van der Waals surface area contributed by atoms with E-state index in [-0.39, 0.29) is 17.9 Å². The molecule has 28 heavy (non-hydrogen) atoms. The zero-order valence-corrected chi connectivity index (χ0v) is 16.7. The fraction of sp³-hybridized carbons (Fsp3) is 0.364. The van der Waals surface area contributed by atoms with Crippen molar-refractivity contribution in [2.24, 2.45) is 0 Å². The number of nitrogens with zero attached hydrogens (tertiary/aromatic N) is 2. The molecule has 0 radical (unpaired) electrons. The number of likely N-dealkylation sites (tertiary alicyclic amines) is 1. The van der Waals surface area contributed by atoms with Crippen LogP contribution in [0.1, 0.15) is 43.2 Å². The molecule has 1 aliphatic heterocycles. The largest absolute Gasteiger partial charge is 0.440 e. The molecule has 1 saturated heterocycles. The van der Waals surface area contributed by atoms with Crippen molar-refractivity contribution in [2.75, 3.05) is 19.6 Å². The summed E-state index contributed by atoms with van der Waals surface area (Å²) in [4.78, 5) is 19.4. The lowest BCUT2D eigenvalue weighted by Crippen LogP contribution is -2.42. The van der Waals surface area contributed by atoms with Crippen LogP contribution in [0.15, 0.2) is 52.9 Å². The van der Waals surface area contributed by atoms with E-state index in [9.17, 15) is 4.79 Å². The third kappa shape index (κ3) is 4.37. The number of benzene rings is 2. The summed E-state index contributed by atoms with van der Waals surface area (Å²) < 4.78 is 5.94. The Morgan fingerprint density at radius 3 is 2.86 bits per heavy atom. The lowest BCUT2D eigenvalue weighted by molar-refractivity contribution is -0.123. The van der Waals surface area contributed by atoms with Gasteiger partial charge in [0.05, 0.1) is 12.6 Å². The Kier molecular flexibility index (Phi) is 5.64. The zero-order chi connectivity index (χ0) is 19.5. The van der Waals surface area contributed by atoms with E-state index in [0.29, 0.717) is 11.6 Å². The number of fused-ring (bicyclic) bond motifs is 1. The van der Waals surface area contributed by atoms with Crippen LogP contribution in [-0.2, 0) is 4.79 Å². The maximum absolute atomic E-state index is 12.5. The predicted octanol–water partition coefficient (Wildman–Crippen LogP) is 4.54. The number of piperidine rings is 1. The first kappa shape index (κ1) is 19.0. The average Bonchev–Trinajstić information content (AvgIpc) is 3.13. The molecular weight excluding hydrogens is 374 g/mol. The van der Waals surface area contributed by atoms with Crippen LogP contribution in [0.4, 0.5) is 0 Å². The molecule has 1 aromatic heterocycles. The topological polar surface area (TPSA) is 58.4 Å². The highest BCUT2D eigenvalue weighted by atomic mass is 35.5. The van der Waals surface area contributed by atoms with E-state index in [1.807, 2.05) is 55.5 Å². The number of aromatic nitrogens is 1. The molecule has 0 spiro atoms. The second-order valence-electron chi connectivity index (χ2n) is 7.43. The molecular formula is C22H24ClN3O2. The van der Waals surface area contributed by atoms with E-state index in [1.54, 1.807) is 0 Å². The van der Waals surface area contributed by atoms with Gasteiger partial charge in [-0.25, -0.2) is 4.98 Å². The molecule has 0 bridgehead atoms. The maximum atomic E-state index is 12.5. The van der Waals surface area contributed by atoms with Gasteiger partial charge in [-0.15, -0.1) is 0 Å². The molecule has 2 unspecified atom stereocenters. The van der Waals surface area contributed by atoms with Gasteiger partial charge < -0.3 is 9.73 Å². The number of hydrogen-bond acceptors (Lipinski definition) is 4. The Balaban J connectivity index is 1.35. The van der Waals surface area contributed by atoms with Gasteiger partial charge in [-0.2, -0.15) is 0 Å². The first-order valence-corrected chi connectivity index (χ1v) is 10.1. The summed E-state index contributed by atoms with van der Waals surface area (Å²) >= 11 is 5.93. The smallest absolute Gasteiger partial charge is 0.234 e. The molecule has 6 heteroatoms. The van der Waals surface area contributed by atoms with Crippen LogP contribution in [0.25, 0.3) is 11.1 Å². The highest BCUT2D eigenvalue weighted by Crippen LogP contribution is 2.28. The molecule has 5 nitrogen and oxygen atoms in total. The highest BCUT2D eigenvalue weighted by Gasteiger charge is 2.26. The number of nitrogens with one attached hydrogen (secondary N) is 1. The van der Waals surface area contributed by atoms with Gasteiger partial charge in [0, 0.05) is 17.5 Å². The summed E-state index contributed by atoms with van der Waals surface area (Å²) in [6, 6.07) is 15.3. The Bertz CT molecular complexity index is 921. The molecule has 4 rings (SSSR count). The molecule has 1 amide bonds. The Labute approximate surface area is 169 Å². The standard InChI is InChI=1S/C22H24ClN3O2/c1-15(16-8-10-18(23)11-9-16)24-21(27)14-26-12-4-5-17(13-26)22-25-19-6-2-3-7-20(19)28-22/h2-3,6-11,15,17H,4-5,12-14H2,1H3,(H,24,27). The fourth-order valence-electron chi connectivity index (χ4n) is 3.79. The van der Waals surface area contributed by atoms with Gasteiger partial charge in [0.1, 0.15) is 5.52 Å². The quantitative estimate of drug-likeness (QED) is 0.686. The maximum Gasteiger partial charge on any atom is 0.234 e. The van der Waals surface area contributed by atoms with E-state index in [4.69, 9.17) is 16.0 Å². The third-order valence-electron chi connectivity index (χ3n) is 5.28. The molecule has 2 aromatic carbocycles. The van der Waals surface area contributed by atoms with Gasteiger partial charge in [0.2, 0.25) is 5.91 Å². The van der Waals surface area contributed by atoms with Crippen molar-refractivity contribution in [3.8, 4) is 0 Å². The number of para-hydroxylation sites is 2. The Hall–Kier alpha value is -2.37. The Morgan fingerprint density at radius 2 is 2.07 bits per heavy atom. The summed E-state index contributed by atoms with van der Waals surface area (Å²) in [6.07, 6.45) is 2.07. The number of carbonyl (C=O) groups excluding carboxylic acids is 1. The molecule has 0 aliphatic carbocycles. The summed E-state index contributed by atoms with van der Waals surface area (Å²) in [6.45, 7) is 4.07. The molecule has 3 aromatic rings. The van der Waals surface area contributed by atoms with Crippen LogP contribution < -0.4 is 5.32 Å².